The van der Waals surface area contributed by atoms with Gasteiger partial charge in [-0.15, -0.1) is 11.3 Å². The van der Waals surface area contributed by atoms with E-state index in [1.165, 1.54) is 11.3 Å². The van der Waals surface area contributed by atoms with Crippen LogP contribution in [0.5, 0.6) is 0 Å². The maximum atomic E-state index is 12.0. The molecule has 6 aromatic heterocycles. The zero-order valence-electron chi connectivity index (χ0n) is 20.7. The summed E-state index contributed by atoms with van der Waals surface area (Å²) in [6.45, 7) is 3.54. The van der Waals surface area contributed by atoms with Gasteiger partial charge in [0.05, 0.1) is 45.4 Å². The van der Waals surface area contributed by atoms with Gasteiger partial charge in [0.15, 0.2) is 5.78 Å². The molecule has 0 aliphatic carbocycles. The van der Waals surface area contributed by atoms with Crippen LogP contribution in [-0.4, -0.2) is 41.8 Å². The summed E-state index contributed by atoms with van der Waals surface area (Å²) in [6, 6.07) is 11.5. The number of anilines is 1. The molecule has 0 fully saturated rings. The number of thiophene rings is 1. The van der Waals surface area contributed by atoms with E-state index in [1.54, 1.807) is 25.5 Å². The fraction of sp³-hybridized carbons (Fsp3) is 0.143. The molecule has 0 aliphatic heterocycles. The van der Waals surface area contributed by atoms with E-state index in [0.29, 0.717) is 33.9 Å². The van der Waals surface area contributed by atoms with Gasteiger partial charge in [0, 0.05) is 40.2 Å². The lowest BCUT2D eigenvalue weighted by Gasteiger charge is -2.06. The number of amides is 1. The molecule has 0 bridgehead atoms. The van der Waals surface area contributed by atoms with Crippen LogP contribution in [0.2, 0.25) is 0 Å². The molecule has 0 spiro atoms. The molecule has 1 amide bonds. The van der Waals surface area contributed by atoms with Gasteiger partial charge in [-0.2, -0.15) is 5.10 Å². The summed E-state index contributed by atoms with van der Waals surface area (Å²) in [5.74, 6) is 0.00445. The lowest BCUT2D eigenvalue weighted by atomic mass is 10.1. The van der Waals surface area contributed by atoms with Crippen molar-refractivity contribution >= 4 is 50.7 Å². The number of ketones is 1. The summed E-state index contributed by atoms with van der Waals surface area (Å²) < 4.78 is 0. The lowest BCUT2D eigenvalue weighted by Crippen LogP contribution is -2.10. The molecule has 6 rings (SSSR count). The highest BCUT2D eigenvalue weighted by molar-refractivity contribution is 7.17. The van der Waals surface area contributed by atoms with Crippen LogP contribution in [0.1, 0.15) is 36.4 Å². The topological polar surface area (TPSA) is 129 Å². The van der Waals surface area contributed by atoms with Crippen molar-refractivity contribution in [1.82, 2.24) is 30.1 Å². The largest absolute Gasteiger partial charge is 0.352 e. The third-order valence-corrected chi connectivity index (χ3v) is 7.44. The van der Waals surface area contributed by atoms with Crippen LogP contribution in [0.3, 0.4) is 0 Å². The van der Waals surface area contributed by atoms with E-state index in [2.05, 4.69) is 30.5 Å². The SMILES string of the molecule is CCCC(=O)Nc1cncc(-c2ccc3[nH]nc(-c4cc5c(-c6ccc(C(C)=O)s6)cncc5[nH]4)c3n2)c1. The third-order valence-electron chi connectivity index (χ3n) is 6.22. The third kappa shape index (κ3) is 4.35. The van der Waals surface area contributed by atoms with Crippen LogP contribution >= 0.6 is 11.3 Å². The van der Waals surface area contributed by atoms with Crippen LogP contribution in [0.25, 0.3) is 55.0 Å². The molecule has 0 aliphatic rings. The Hall–Kier alpha value is -4.70. The molecule has 0 atom stereocenters. The molecule has 0 saturated heterocycles. The minimum atomic E-state index is -0.0419. The van der Waals surface area contributed by atoms with E-state index in [-0.39, 0.29) is 11.7 Å². The molecule has 0 aromatic carbocycles. The summed E-state index contributed by atoms with van der Waals surface area (Å²) in [5, 5.41) is 11.5. The van der Waals surface area contributed by atoms with Crippen LogP contribution in [0.4, 0.5) is 5.69 Å². The number of carbonyl (C=O) groups excluding carboxylic acids is 2. The number of Topliss-reactive ketones (excluding diaryl/α,β-unsaturated/α-hetero) is 1. The standard InChI is InChI=1S/C28H23N7O2S/c1-3-4-26(37)31-17-9-16(11-29-12-17)20-5-6-21-27(33-20)28(35-34-21)22-10-18-19(13-30-14-23(18)32-22)25-8-7-24(38-25)15(2)36/h5-14,32H,3-4H2,1-2H3,(H,31,37)(H,34,35). The smallest absolute Gasteiger partial charge is 0.224 e. The number of hydrogen-bond acceptors (Lipinski definition) is 7. The molecule has 188 valence electrons. The van der Waals surface area contributed by atoms with Crippen LogP contribution < -0.4 is 5.32 Å². The summed E-state index contributed by atoms with van der Waals surface area (Å²) in [4.78, 5) is 42.5. The molecule has 6 aromatic rings. The van der Waals surface area contributed by atoms with Gasteiger partial charge in [-0.25, -0.2) is 4.98 Å². The van der Waals surface area contributed by atoms with Crippen molar-refractivity contribution in [2.45, 2.75) is 26.7 Å². The second kappa shape index (κ2) is 9.64. The lowest BCUT2D eigenvalue weighted by molar-refractivity contribution is -0.116. The molecule has 10 heteroatoms. The number of carbonyl (C=O) groups is 2. The number of aromatic nitrogens is 6. The first-order chi connectivity index (χ1) is 18.5. The van der Waals surface area contributed by atoms with Crippen molar-refractivity contribution in [1.29, 1.82) is 0 Å². The van der Waals surface area contributed by atoms with Crippen molar-refractivity contribution in [3.05, 3.63) is 66.1 Å². The Labute approximate surface area is 221 Å². The number of rotatable bonds is 7. The molecule has 3 N–H and O–H groups in total. The van der Waals surface area contributed by atoms with E-state index in [4.69, 9.17) is 4.98 Å². The van der Waals surface area contributed by atoms with Gasteiger partial charge in [-0.1, -0.05) is 6.92 Å². The van der Waals surface area contributed by atoms with Gasteiger partial charge >= 0.3 is 0 Å². The van der Waals surface area contributed by atoms with Gasteiger partial charge in [0.2, 0.25) is 5.91 Å². The first kappa shape index (κ1) is 23.7. The molecular formula is C28H23N7O2S. The zero-order valence-corrected chi connectivity index (χ0v) is 21.5. The Morgan fingerprint density at radius 1 is 1.00 bits per heavy atom. The highest BCUT2D eigenvalue weighted by Crippen LogP contribution is 2.36. The predicted molar refractivity (Wildman–Crippen MR) is 149 cm³/mol. The molecule has 6 heterocycles. The van der Waals surface area contributed by atoms with Gasteiger partial charge in [0.25, 0.3) is 0 Å². The van der Waals surface area contributed by atoms with Gasteiger partial charge in [0.1, 0.15) is 11.2 Å². The average molecular weight is 522 g/mol. The molecule has 0 saturated carbocycles. The fourth-order valence-electron chi connectivity index (χ4n) is 4.39. The number of fused-ring (bicyclic) bond motifs is 2. The van der Waals surface area contributed by atoms with E-state index >= 15 is 0 Å². The number of nitrogens with one attached hydrogen (secondary N) is 3. The van der Waals surface area contributed by atoms with E-state index in [9.17, 15) is 9.59 Å². The molecule has 9 nitrogen and oxygen atoms in total. The molecule has 0 unspecified atom stereocenters. The minimum Gasteiger partial charge on any atom is -0.352 e. The van der Waals surface area contributed by atoms with E-state index in [0.717, 1.165) is 44.5 Å². The monoisotopic (exact) mass is 521 g/mol. The molecular weight excluding hydrogens is 498 g/mol. The molecule has 0 radical (unpaired) electrons. The van der Waals surface area contributed by atoms with Gasteiger partial charge < -0.3 is 10.3 Å². The van der Waals surface area contributed by atoms with Gasteiger partial charge in [-0.05, 0) is 49.7 Å². The van der Waals surface area contributed by atoms with Gasteiger partial charge in [-0.3, -0.25) is 24.7 Å². The van der Waals surface area contributed by atoms with Crippen LogP contribution in [0, 0.1) is 0 Å². The number of H-pyrrole nitrogens is 2. The highest BCUT2D eigenvalue weighted by Gasteiger charge is 2.17. The number of hydrogen-bond donors (Lipinski definition) is 3. The van der Waals surface area contributed by atoms with E-state index < -0.39 is 0 Å². The first-order valence-electron chi connectivity index (χ1n) is 12.2. The normalized spacial score (nSPS) is 11.3. The van der Waals surface area contributed by atoms with Crippen LogP contribution in [-0.2, 0) is 4.79 Å². The summed E-state index contributed by atoms with van der Waals surface area (Å²) in [6.07, 6.45) is 8.17. The summed E-state index contributed by atoms with van der Waals surface area (Å²) in [5.41, 5.74) is 6.93. The quantitative estimate of drug-likeness (QED) is 0.214. The minimum absolute atomic E-state index is 0.0419. The first-order valence-corrected chi connectivity index (χ1v) is 13.0. The zero-order chi connectivity index (χ0) is 26.2. The molecule has 38 heavy (non-hydrogen) atoms. The maximum absolute atomic E-state index is 12.0. The average Bonchev–Trinajstić information content (AvgIpc) is 3.66. The van der Waals surface area contributed by atoms with Crippen LogP contribution in [0.15, 0.2) is 61.2 Å². The Morgan fingerprint density at radius 2 is 1.87 bits per heavy atom. The van der Waals surface area contributed by atoms with Crippen molar-refractivity contribution in [3.8, 4) is 33.1 Å². The Balaban J connectivity index is 1.39. The summed E-state index contributed by atoms with van der Waals surface area (Å²) >= 11 is 1.46. The number of pyridine rings is 3. The number of aromatic amines is 2. The van der Waals surface area contributed by atoms with Crippen molar-refractivity contribution in [3.63, 3.8) is 0 Å². The predicted octanol–water partition coefficient (Wildman–Crippen LogP) is 6.23. The summed E-state index contributed by atoms with van der Waals surface area (Å²) in [7, 11) is 0. The highest BCUT2D eigenvalue weighted by atomic mass is 32.1. The Kier molecular flexibility index (Phi) is 6.01. The second-order valence-electron chi connectivity index (χ2n) is 8.98. The van der Waals surface area contributed by atoms with Crippen molar-refractivity contribution in [2.75, 3.05) is 5.32 Å². The Bertz CT molecular complexity index is 1830. The fourth-order valence-corrected chi connectivity index (χ4v) is 5.32. The second-order valence-corrected chi connectivity index (χ2v) is 10.1. The Morgan fingerprint density at radius 3 is 2.68 bits per heavy atom. The maximum Gasteiger partial charge on any atom is 0.224 e. The number of nitrogens with zero attached hydrogens (tertiary/aromatic N) is 4. The van der Waals surface area contributed by atoms with Crippen molar-refractivity contribution < 1.29 is 9.59 Å². The van der Waals surface area contributed by atoms with E-state index in [1.807, 2.05) is 49.5 Å². The van der Waals surface area contributed by atoms with Crippen molar-refractivity contribution in [2.24, 2.45) is 0 Å².